The van der Waals surface area contributed by atoms with E-state index in [1.165, 1.54) is 67.8 Å². The lowest BCUT2D eigenvalue weighted by Crippen LogP contribution is -1.92. The van der Waals surface area contributed by atoms with Gasteiger partial charge in [-0.1, -0.05) is 54.6 Å². The van der Waals surface area contributed by atoms with Crippen LogP contribution in [0.25, 0.3) is 67.8 Å². The molecule has 0 saturated heterocycles. The number of nitrogens with zero attached hydrogens (tertiary/aromatic N) is 1. The molecule has 0 spiro atoms. The molecule has 3 heterocycles. The molecule has 0 aliphatic rings. The molecular weight excluding hydrogens is 438 g/mol. The van der Waals surface area contributed by atoms with E-state index in [2.05, 4.69) is 108 Å². The molecule has 33 heavy (non-hydrogen) atoms. The first kappa shape index (κ1) is 17.8. The molecule has 0 bridgehead atoms. The molecule has 154 valence electrons. The average molecular weight is 456 g/mol. The van der Waals surface area contributed by atoms with Crippen LogP contribution in [0.5, 0.6) is 0 Å². The molecule has 3 aromatic heterocycles. The van der Waals surface area contributed by atoms with Crippen molar-refractivity contribution >= 4 is 84.8 Å². The standard InChI is InChI=1S/C30H17NS2/c1-2-8-18(9-3-1)31-25-16-29-23(19-10-4-6-12-27(19)32-29)14-21(25)22-15-24-20-11-5-7-13-28(20)33-30(24)17-26(22)31/h1-17H. The first-order valence-electron chi connectivity index (χ1n) is 11.1. The number of para-hydroxylation sites is 1. The zero-order chi connectivity index (χ0) is 21.5. The smallest absolute Gasteiger partial charge is 0.0555 e. The van der Waals surface area contributed by atoms with Gasteiger partial charge in [-0.25, -0.2) is 0 Å². The van der Waals surface area contributed by atoms with E-state index in [1.54, 1.807) is 0 Å². The Morgan fingerprint density at radius 3 is 1.42 bits per heavy atom. The minimum absolute atomic E-state index is 1.21. The molecule has 0 unspecified atom stereocenters. The maximum atomic E-state index is 2.44. The molecular formula is C30H17NS2. The molecule has 0 N–H and O–H groups in total. The van der Waals surface area contributed by atoms with Gasteiger partial charge in [-0.3, -0.25) is 0 Å². The normalized spacial score (nSPS) is 12.2. The van der Waals surface area contributed by atoms with Crippen LogP contribution in [0, 0.1) is 0 Å². The third-order valence-corrected chi connectivity index (χ3v) is 9.04. The number of fused-ring (bicyclic) bond motifs is 9. The van der Waals surface area contributed by atoms with Crippen LogP contribution in [-0.2, 0) is 0 Å². The second-order valence-corrected chi connectivity index (χ2v) is 10.8. The van der Waals surface area contributed by atoms with Crippen molar-refractivity contribution in [3.63, 3.8) is 0 Å². The molecule has 0 aliphatic carbocycles. The molecule has 0 fully saturated rings. The third kappa shape index (κ3) is 2.41. The molecule has 3 heteroatoms. The Bertz CT molecular complexity index is 1890. The topological polar surface area (TPSA) is 4.93 Å². The Morgan fingerprint density at radius 2 is 0.879 bits per heavy atom. The van der Waals surface area contributed by atoms with Gasteiger partial charge >= 0.3 is 0 Å². The van der Waals surface area contributed by atoms with Gasteiger partial charge in [-0.05, 0) is 48.5 Å². The quantitative estimate of drug-likeness (QED) is 0.232. The molecule has 0 radical (unpaired) electrons. The van der Waals surface area contributed by atoms with Crippen molar-refractivity contribution in [1.82, 2.24) is 4.57 Å². The highest BCUT2D eigenvalue weighted by Crippen LogP contribution is 2.43. The van der Waals surface area contributed by atoms with Crippen LogP contribution in [0.2, 0.25) is 0 Å². The molecule has 8 rings (SSSR count). The summed E-state index contributed by atoms with van der Waals surface area (Å²) < 4.78 is 7.83. The first-order chi connectivity index (χ1) is 16.3. The summed E-state index contributed by atoms with van der Waals surface area (Å²) in [5.41, 5.74) is 3.76. The fourth-order valence-electron chi connectivity index (χ4n) is 5.31. The van der Waals surface area contributed by atoms with Gasteiger partial charge in [0.2, 0.25) is 0 Å². The van der Waals surface area contributed by atoms with Crippen LogP contribution in [0.15, 0.2) is 103 Å². The minimum Gasteiger partial charge on any atom is -0.309 e. The lowest BCUT2D eigenvalue weighted by Gasteiger charge is -2.07. The van der Waals surface area contributed by atoms with E-state index >= 15 is 0 Å². The first-order valence-corrected chi connectivity index (χ1v) is 12.7. The Labute approximate surface area is 197 Å². The second kappa shape index (κ2) is 6.44. The average Bonchev–Trinajstić information content (AvgIpc) is 3.50. The summed E-state index contributed by atoms with van der Waals surface area (Å²) in [4.78, 5) is 0. The van der Waals surface area contributed by atoms with E-state index in [0.29, 0.717) is 0 Å². The van der Waals surface area contributed by atoms with E-state index in [-0.39, 0.29) is 0 Å². The fraction of sp³-hybridized carbons (Fsp3) is 0. The van der Waals surface area contributed by atoms with E-state index < -0.39 is 0 Å². The molecule has 5 aromatic carbocycles. The van der Waals surface area contributed by atoms with Crippen LogP contribution in [0.4, 0.5) is 0 Å². The van der Waals surface area contributed by atoms with Gasteiger partial charge < -0.3 is 4.57 Å². The van der Waals surface area contributed by atoms with Gasteiger partial charge in [0.1, 0.15) is 0 Å². The molecule has 0 saturated carbocycles. The summed E-state index contributed by atoms with van der Waals surface area (Å²) in [5, 5.41) is 8.05. The van der Waals surface area contributed by atoms with E-state index in [1.807, 2.05) is 22.7 Å². The van der Waals surface area contributed by atoms with Gasteiger partial charge in [-0.15, -0.1) is 22.7 Å². The van der Waals surface area contributed by atoms with E-state index in [4.69, 9.17) is 0 Å². The van der Waals surface area contributed by atoms with Gasteiger partial charge in [0.25, 0.3) is 0 Å². The molecule has 0 aliphatic heterocycles. The molecule has 1 nitrogen and oxygen atoms in total. The van der Waals surface area contributed by atoms with Crippen LogP contribution < -0.4 is 0 Å². The Morgan fingerprint density at radius 1 is 0.394 bits per heavy atom. The number of aromatic nitrogens is 1. The van der Waals surface area contributed by atoms with Crippen molar-refractivity contribution < 1.29 is 0 Å². The number of hydrogen-bond acceptors (Lipinski definition) is 2. The highest BCUT2D eigenvalue weighted by molar-refractivity contribution is 7.26. The molecule has 0 atom stereocenters. The predicted octanol–water partition coefficient (Wildman–Crippen LogP) is 9.52. The largest absolute Gasteiger partial charge is 0.309 e. The SMILES string of the molecule is c1ccc(-n2c3cc4sc5ccccc5c4cc3c3cc4c(cc32)sc2ccccc24)cc1. The Kier molecular flexibility index (Phi) is 3.48. The van der Waals surface area contributed by atoms with Crippen molar-refractivity contribution in [2.45, 2.75) is 0 Å². The zero-order valence-corrected chi connectivity index (χ0v) is 19.2. The van der Waals surface area contributed by atoms with Crippen molar-refractivity contribution in [2.24, 2.45) is 0 Å². The number of hydrogen-bond donors (Lipinski definition) is 0. The van der Waals surface area contributed by atoms with E-state index in [9.17, 15) is 0 Å². The summed E-state index contributed by atoms with van der Waals surface area (Å²) >= 11 is 3.77. The maximum absolute atomic E-state index is 2.44. The maximum Gasteiger partial charge on any atom is 0.0555 e. The van der Waals surface area contributed by atoms with Crippen LogP contribution in [0.3, 0.4) is 0 Å². The monoisotopic (exact) mass is 455 g/mol. The number of thiophene rings is 2. The summed E-state index contributed by atoms with van der Waals surface area (Å²) in [5.74, 6) is 0. The molecule has 8 aromatic rings. The summed E-state index contributed by atoms with van der Waals surface area (Å²) in [6.07, 6.45) is 0. The van der Waals surface area contributed by atoms with Crippen molar-refractivity contribution in [2.75, 3.05) is 0 Å². The van der Waals surface area contributed by atoms with Gasteiger partial charge in [0, 0.05) is 56.8 Å². The zero-order valence-electron chi connectivity index (χ0n) is 17.6. The van der Waals surface area contributed by atoms with E-state index in [0.717, 1.165) is 0 Å². The number of benzene rings is 5. The third-order valence-electron chi connectivity index (χ3n) is 6.78. The second-order valence-electron chi connectivity index (χ2n) is 8.60. The summed E-state index contributed by atoms with van der Waals surface area (Å²) in [6.45, 7) is 0. The van der Waals surface area contributed by atoms with Crippen LogP contribution >= 0.6 is 22.7 Å². The van der Waals surface area contributed by atoms with Crippen molar-refractivity contribution in [3.05, 3.63) is 103 Å². The minimum atomic E-state index is 1.21. The lowest BCUT2D eigenvalue weighted by atomic mass is 10.1. The van der Waals surface area contributed by atoms with Gasteiger partial charge in [-0.2, -0.15) is 0 Å². The highest BCUT2D eigenvalue weighted by Gasteiger charge is 2.17. The Balaban J connectivity index is 1.61. The van der Waals surface area contributed by atoms with Crippen molar-refractivity contribution in [3.8, 4) is 5.69 Å². The fourth-order valence-corrected chi connectivity index (χ4v) is 7.55. The van der Waals surface area contributed by atoms with Crippen LogP contribution in [0.1, 0.15) is 0 Å². The number of rotatable bonds is 1. The van der Waals surface area contributed by atoms with Crippen LogP contribution in [-0.4, -0.2) is 4.57 Å². The van der Waals surface area contributed by atoms with Gasteiger partial charge in [0.05, 0.1) is 11.0 Å². The Hall–Kier alpha value is -3.66. The predicted molar refractivity (Wildman–Crippen MR) is 147 cm³/mol. The summed E-state index contributed by atoms with van der Waals surface area (Å²) in [6, 6.07) is 37.9. The lowest BCUT2D eigenvalue weighted by molar-refractivity contribution is 1.18. The van der Waals surface area contributed by atoms with Gasteiger partial charge in [0.15, 0.2) is 0 Å². The highest BCUT2D eigenvalue weighted by atomic mass is 32.1. The molecule has 0 amide bonds. The van der Waals surface area contributed by atoms with Crippen molar-refractivity contribution in [1.29, 1.82) is 0 Å². The summed E-state index contributed by atoms with van der Waals surface area (Å²) in [7, 11) is 0.